The summed E-state index contributed by atoms with van der Waals surface area (Å²) in [5, 5.41) is 29.5. The number of amidine groups is 1. The van der Waals surface area contributed by atoms with Crippen LogP contribution in [-0.2, 0) is 11.3 Å². The summed E-state index contributed by atoms with van der Waals surface area (Å²) in [4.78, 5) is 20.6. The molecule has 1 amide bonds. The molecule has 1 saturated carbocycles. The predicted octanol–water partition coefficient (Wildman–Crippen LogP) is 2.12. The highest BCUT2D eigenvalue weighted by Gasteiger charge is 2.50. The van der Waals surface area contributed by atoms with Gasteiger partial charge in [0.15, 0.2) is 5.17 Å². The predicted molar refractivity (Wildman–Crippen MR) is 123 cm³/mol. The summed E-state index contributed by atoms with van der Waals surface area (Å²) < 4.78 is 0. The van der Waals surface area contributed by atoms with Crippen LogP contribution in [0.5, 0.6) is 0 Å². The van der Waals surface area contributed by atoms with Gasteiger partial charge in [0.25, 0.3) is 0 Å². The average Bonchev–Trinajstić information content (AvgIpc) is 3.39. The highest BCUT2D eigenvalue weighted by Crippen LogP contribution is 2.41. The van der Waals surface area contributed by atoms with Gasteiger partial charge in [0.05, 0.1) is 24.6 Å². The van der Waals surface area contributed by atoms with Crippen molar-refractivity contribution in [1.82, 2.24) is 5.32 Å². The molecule has 0 saturated heterocycles. The zero-order chi connectivity index (χ0) is 21.3. The van der Waals surface area contributed by atoms with Gasteiger partial charge in [0, 0.05) is 35.6 Å². The van der Waals surface area contributed by atoms with Gasteiger partial charge in [-0.15, -0.1) is 11.3 Å². The lowest BCUT2D eigenvalue weighted by Gasteiger charge is -2.37. The molecule has 1 aliphatic carbocycles. The van der Waals surface area contributed by atoms with E-state index in [9.17, 15) is 15.0 Å². The molecule has 1 aliphatic heterocycles. The molecule has 2 heterocycles. The first-order chi connectivity index (χ1) is 14.4. The van der Waals surface area contributed by atoms with Gasteiger partial charge < -0.3 is 25.7 Å². The fourth-order valence-electron chi connectivity index (χ4n) is 3.79. The first kappa shape index (κ1) is 21.2. The number of rotatable bonds is 5. The Morgan fingerprint density at radius 1 is 1.23 bits per heavy atom. The zero-order valence-electron chi connectivity index (χ0n) is 16.9. The number of carbonyl (C=O) groups excluding carboxylic acids is 1. The lowest BCUT2D eigenvalue weighted by atomic mass is 9.81. The number of aliphatic imine (C=N–C) groups is 1. The van der Waals surface area contributed by atoms with Crippen molar-refractivity contribution in [2.75, 3.05) is 24.3 Å². The number of benzene rings is 1. The zero-order valence-corrected chi connectivity index (χ0v) is 18.5. The van der Waals surface area contributed by atoms with Gasteiger partial charge in [-0.1, -0.05) is 17.8 Å². The van der Waals surface area contributed by atoms with Crippen molar-refractivity contribution >= 4 is 45.5 Å². The van der Waals surface area contributed by atoms with Crippen LogP contribution in [0.15, 0.2) is 46.8 Å². The van der Waals surface area contributed by atoms with E-state index in [1.54, 1.807) is 11.3 Å². The molecular formula is C21H26N4O3S2. The minimum atomic E-state index is -0.973. The number of carbonyl (C=O) groups is 1. The van der Waals surface area contributed by atoms with Gasteiger partial charge in [-0.2, -0.15) is 0 Å². The Morgan fingerprint density at radius 2 is 2.00 bits per heavy atom. The molecule has 4 N–H and O–H groups in total. The van der Waals surface area contributed by atoms with E-state index in [0.29, 0.717) is 11.7 Å². The average molecular weight is 447 g/mol. The van der Waals surface area contributed by atoms with Gasteiger partial charge >= 0.3 is 0 Å². The Hall–Kier alpha value is -2.07. The number of hydrogen-bond acceptors (Lipinski definition) is 8. The monoisotopic (exact) mass is 446 g/mol. The third kappa shape index (κ3) is 4.49. The molecule has 4 rings (SSSR count). The van der Waals surface area contributed by atoms with Crippen molar-refractivity contribution in [3.63, 3.8) is 0 Å². The third-order valence-electron chi connectivity index (χ3n) is 5.48. The van der Waals surface area contributed by atoms with Crippen LogP contribution in [0.4, 0.5) is 11.4 Å². The summed E-state index contributed by atoms with van der Waals surface area (Å²) in [6.07, 6.45) is -1.71. The molecule has 7 nitrogen and oxygen atoms in total. The molecule has 30 heavy (non-hydrogen) atoms. The van der Waals surface area contributed by atoms with Crippen LogP contribution in [0, 0.1) is 5.92 Å². The molecule has 2 aromatic rings. The minimum Gasteiger partial charge on any atom is -0.390 e. The number of hydrogen-bond donors (Lipinski definition) is 4. The number of thioether (sulfide) groups is 1. The van der Waals surface area contributed by atoms with E-state index >= 15 is 0 Å². The first-order valence-corrected chi connectivity index (χ1v) is 11.6. The summed E-state index contributed by atoms with van der Waals surface area (Å²) in [7, 11) is 3.97. The highest BCUT2D eigenvalue weighted by molar-refractivity contribution is 8.15. The van der Waals surface area contributed by atoms with Gasteiger partial charge in [0.1, 0.15) is 6.10 Å². The molecule has 160 valence electrons. The Balaban J connectivity index is 1.44. The summed E-state index contributed by atoms with van der Waals surface area (Å²) in [5.74, 6) is -0.527. The van der Waals surface area contributed by atoms with E-state index < -0.39 is 24.2 Å². The number of anilines is 2. The molecule has 0 radical (unpaired) electrons. The van der Waals surface area contributed by atoms with Crippen LogP contribution in [-0.4, -0.2) is 58.9 Å². The lowest BCUT2D eigenvalue weighted by Crippen LogP contribution is -2.53. The Kier molecular flexibility index (Phi) is 6.33. The van der Waals surface area contributed by atoms with Crippen molar-refractivity contribution in [3.05, 3.63) is 46.7 Å². The number of aliphatic hydroxyl groups is 2. The van der Waals surface area contributed by atoms with Gasteiger partial charge in [-0.3, -0.25) is 9.79 Å². The van der Waals surface area contributed by atoms with Crippen LogP contribution in [0.1, 0.15) is 11.3 Å². The summed E-state index contributed by atoms with van der Waals surface area (Å²) in [6, 6.07) is 11.4. The Labute approximate surface area is 184 Å². The normalized spacial score (nSPS) is 27.9. The Bertz CT molecular complexity index is 901. The maximum absolute atomic E-state index is 12.9. The van der Waals surface area contributed by atoms with Gasteiger partial charge in [-0.25, -0.2) is 0 Å². The molecule has 1 aromatic heterocycles. The topological polar surface area (TPSA) is 97.2 Å². The number of nitrogens with one attached hydrogen (secondary N) is 2. The molecule has 5 atom stereocenters. The molecular weight excluding hydrogens is 420 g/mol. The summed E-state index contributed by atoms with van der Waals surface area (Å²) in [5.41, 5.74) is 1.98. The summed E-state index contributed by atoms with van der Waals surface area (Å²) in [6.45, 7) is 0.470. The SMILES string of the molecule is CN(C)c1ccc(NC2=N[C@@H]3[C@@H](O)[C@H](O)C[C@H](C(=O)NCc4cccs4)[C@H]3S2)cc1. The van der Waals surface area contributed by atoms with Crippen molar-refractivity contribution < 1.29 is 15.0 Å². The maximum atomic E-state index is 12.9. The number of fused-ring (bicyclic) bond motifs is 1. The molecule has 9 heteroatoms. The highest BCUT2D eigenvalue weighted by atomic mass is 32.2. The van der Waals surface area contributed by atoms with Crippen LogP contribution in [0.3, 0.4) is 0 Å². The molecule has 2 aliphatic rings. The van der Waals surface area contributed by atoms with E-state index in [4.69, 9.17) is 0 Å². The second-order valence-corrected chi connectivity index (χ2v) is 9.97. The fraction of sp³-hybridized carbons (Fsp3) is 0.429. The first-order valence-electron chi connectivity index (χ1n) is 9.87. The smallest absolute Gasteiger partial charge is 0.224 e. The number of aliphatic hydroxyl groups excluding tert-OH is 2. The van der Waals surface area contributed by atoms with Gasteiger partial charge in [0.2, 0.25) is 5.91 Å². The number of thiophene rings is 1. The fourth-order valence-corrected chi connectivity index (χ4v) is 5.81. The Morgan fingerprint density at radius 3 is 2.67 bits per heavy atom. The standard InChI is InChI=1S/C21H26N4O3S2/c1-25(2)13-7-5-12(6-8-13)23-21-24-17-18(27)16(26)10-15(19(17)30-21)20(28)22-11-14-4-3-9-29-14/h3-9,15-19,26-27H,10-11H2,1-2H3,(H,22,28)(H,23,24)/t15-,16+,17+,18-,19+/m0/s1. The number of amides is 1. The quantitative estimate of drug-likeness (QED) is 0.562. The molecule has 0 spiro atoms. The van der Waals surface area contributed by atoms with E-state index in [-0.39, 0.29) is 17.6 Å². The molecule has 0 unspecified atom stereocenters. The van der Waals surface area contributed by atoms with Crippen LogP contribution in [0.2, 0.25) is 0 Å². The molecule has 0 bridgehead atoms. The van der Waals surface area contributed by atoms with E-state index in [0.717, 1.165) is 16.3 Å². The van der Waals surface area contributed by atoms with E-state index in [1.807, 2.05) is 60.8 Å². The summed E-state index contributed by atoms with van der Waals surface area (Å²) >= 11 is 3.06. The second-order valence-electron chi connectivity index (χ2n) is 7.77. The van der Waals surface area contributed by atoms with Crippen molar-refractivity contribution in [2.24, 2.45) is 10.9 Å². The largest absolute Gasteiger partial charge is 0.390 e. The van der Waals surface area contributed by atoms with E-state index in [1.165, 1.54) is 11.8 Å². The third-order valence-corrected chi connectivity index (χ3v) is 7.66. The van der Waals surface area contributed by atoms with Crippen LogP contribution < -0.4 is 15.5 Å². The van der Waals surface area contributed by atoms with Crippen LogP contribution in [0.25, 0.3) is 0 Å². The number of nitrogens with zero attached hydrogens (tertiary/aromatic N) is 2. The van der Waals surface area contributed by atoms with Crippen molar-refractivity contribution in [2.45, 2.75) is 36.5 Å². The van der Waals surface area contributed by atoms with Gasteiger partial charge in [-0.05, 0) is 42.1 Å². The van der Waals surface area contributed by atoms with Crippen molar-refractivity contribution in [3.8, 4) is 0 Å². The van der Waals surface area contributed by atoms with Crippen LogP contribution >= 0.6 is 23.1 Å². The molecule has 1 fully saturated rings. The minimum absolute atomic E-state index is 0.108. The van der Waals surface area contributed by atoms with E-state index in [2.05, 4.69) is 15.6 Å². The lowest BCUT2D eigenvalue weighted by molar-refractivity contribution is -0.129. The maximum Gasteiger partial charge on any atom is 0.224 e. The second kappa shape index (κ2) is 8.97. The van der Waals surface area contributed by atoms with Crippen molar-refractivity contribution in [1.29, 1.82) is 0 Å². The molecule has 1 aromatic carbocycles.